The molecule has 2 unspecified atom stereocenters. The molecule has 0 aromatic carbocycles. The van der Waals surface area contributed by atoms with Gasteiger partial charge in [0.05, 0.1) is 0 Å². The quantitative estimate of drug-likeness (QED) is 0.649. The molecule has 0 bridgehead atoms. The second-order valence-corrected chi connectivity index (χ2v) is 3.39. The highest BCUT2D eigenvalue weighted by Crippen LogP contribution is 2.32. The SMILES string of the molecule is CC1CCCC1C=C(F)C(=O)O. The Hall–Kier alpha value is -0.860. The zero-order chi connectivity index (χ0) is 9.14. The highest BCUT2D eigenvalue weighted by atomic mass is 19.1. The topological polar surface area (TPSA) is 37.3 Å². The third-order valence-electron chi connectivity index (χ3n) is 2.49. The fourth-order valence-electron chi connectivity index (χ4n) is 1.68. The van der Waals surface area contributed by atoms with Gasteiger partial charge in [0.25, 0.3) is 0 Å². The Morgan fingerprint density at radius 2 is 2.25 bits per heavy atom. The molecule has 0 radical (unpaired) electrons. The van der Waals surface area contributed by atoms with Crippen LogP contribution in [0, 0.1) is 11.8 Å². The van der Waals surface area contributed by atoms with Gasteiger partial charge in [0.15, 0.2) is 0 Å². The molecule has 1 aliphatic rings. The summed E-state index contributed by atoms with van der Waals surface area (Å²) in [6, 6.07) is 0. The zero-order valence-corrected chi connectivity index (χ0v) is 7.09. The van der Waals surface area contributed by atoms with Gasteiger partial charge in [0.1, 0.15) is 0 Å². The second kappa shape index (κ2) is 3.70. The lowest BCUT2D eigenvalue weighted by atomic mass is 9.97. The molecule has 1 rings (SSSR count). The minimum atomic E-state index is -1.45. The number of aliphatic carboxylic acids is 1. The zero-order valence-electron chi connectivity index (χ0n) is 7.09. The summed E-state index contributed by atoms with van der Waals surface area (Å²) >= 11 is 0. The van der Waals surface area contributed by atoms with E-state index >= 15 is 0 Å². The van der Waals surface area contributed by atoms with Crippen LogP contribution in [0.25, 0.3) is 0 Å². The number of rotatable bonds is 2. The summed E-state index contributed by atoms with van der Waals surface area (Å²) in [5.74, 6) is -1.90. The monoisotopic (exact) mass is 172 g/mol. The highest BCUT2D eigenvalue weighted by molar-refractivity contribution is 5.83. The summed E-state index contributed by atoms with van der Waals surface area (Å²) in [4.78, 5) is 10.2. The minimum Gasteiger partial charge on any atom is -0.476 e. The molecule has 0 aromatic rings. The Morgan fingerprint density at radius 3 is 2.67 bits per heavy atom. The molecule has 0 aromatic heterocycles. The molecule has 0 amide bonds. The van der Waals surface area contributed by atoms with Crippen molar-refractivity contribution in [1.82, 2.24) is 0 Å². The first-order valence-corrected chi connectivity index (χ1v) is 4.22. The molecule has 1 fully saturated rings. The summed E-state index contributed by atoms with van der Waals surface area (Å²) < 4.78 is 12.6. The number of carboxylic acids is 1. The maximum atomic E-state index is 12.6. The summed E-state index contributed by atoms with van der Waals surface area (Å²) in [6.45, 7) is 2.03. The lowest BCUT2D eigenvalue weighted by Gasteiger charge is -2.08. The maximum Gasteiger partial charge on any atom is 0.364 e. The van der Waals surface area contributed by atoms with Gasteiger partial charge in [-0.05, 0) is 24.3 Å². The Balaban J connectivity index is 2.59. The number of halogens is 1. The molecule has 3 heteroatoms. The summed E-state index contributed by atoms with van der Waals surface area (Å²) in [6.07, 6.45) is 4.32. The molecule has 0 spiro atoms. The van der Waals surface area contributed by atoms with Crippen molar-refractivity contribution in [3.8, 4) is 0 Å². The van der Waals surface area contributed by atoms with Gasteiger partial charge in [-0.15, -0.1) is 0 Å². The predicted molar refractivity (Wildman–Crippen MR) is 43.3 cm³/mol. The second-order valence-electron chi connectivity index (χ2n) is 3.39. The number of allylic oxidation sites excluding steroid dienone is 1. The molecule has 2 nitrogen and oxygen atoms in total. The van der Waals surface area contributed by atoms with E-state index in [1.54, 1.807) is 0 Å². The van der Waals surface area contributed by atoms with E-state index in [1.807, 2.05) is 6.92 Å². The first kappa shape index (κ1) is 9.23. The van der Waals surface area contributed by atoms with E-state index in [9.17, 15) is 9.18 Å². The average molecular weight is 172 g/mol. The average Bonchev–Trinajstić information content (AvgIpc) is 2.36. The van der Waals surface area contributed by atoms with Crippen molar-refractivity contribution >= 4 is 5.97 Å². The van der Waals surface area contributed by atoms with Crippen molar-refractivity contribution in [2.24, 2.45) is 11.8 Å². The summed E-state index contributed by atoms with van der Waals surface area (Å²) in [5, 5.41) is 8.29. The third kappa shape index (κ3) is 2.06. The molecule has 68 valence electrons. The van der Waals surface area contributed by atoms with Crippen LogP contribution in [0.15, 0.2) is 11.9 Å². The van der Waals surface area contributed by atoms with E-state index in [0.717, 1.165) is 19.3 Å². The van der Waals surface area contributed by atoms with Gasteiger partial charge in [-0.1, -0.05) is 19.8 Å². The molecule has 1 N–H and O–H groups in total. The fourth-order valence-corrected chi connectivity index (χ4v) is 1.68. The molecule has 1 aliphatic carbocycles. The Bertz CT molecular complexity index is 211. The first-order chi connectivity index (χ1) is 5.61. The third-order valence-corrected chi connectivity index (χ3v) is 2.49. The van der Waals surface area contributed by atoms with Crippen LogP contribution in [-0.4, -0.2) is 11.1 Å². The van der Waals surface area contributed by atoms with Crippen LogP contribution in [0.4, 0.5) is 4.39 Å². The molecule has 0 heterocycles. The van der Waals surface area contributed by atoms with Gasteiger partial charge >= 0.3 is 5.97 Å². The van der Waals surface area contributed by atoms with Crippen LogP contribution < -0.4 is 0 Å². The fraction of sp³-hybridized carbons (Fsp3) is 0.667. The van der Waals surface area contributed by atoms with Gasteiger partial charge in [-0.25, -0.2) is 4.79 Å². The number of carboxylic acid groups (broad SMARTS) is 1. The predicted octanol–water partition coefficient (Wildman–Crippen LogP) is 2.36. The van der Waals surface area contributed by atoms with Gasteiger partial charge < -0.3 is 5.11 Å². The molecule has 0 saturated heterocycles. The molecule has 12 heavy (non-hydrogen) atoms. The standard InChI is InChI=1S/C9H13FO2/c1-6-3-2-4-7(6)5-8(10)9(11)12/h5-7H,2-4H2,1H3,(H,11,12). The maximum absolute atomic E-state index is 12.6. The van der Waals surface area contributed by atoms with E-state index < -0.39 is 11.8 Å². The Kier molecular flexibility index (Phi) is 2.84. The van der Waals surface area contributed by atoms with Crippen molar-refractivity contribution in [1.29, 1.82) is 0 Å². The number of hydrogen-bond acceptors (Lipinski definition) is 1. The van der Waals surface area contributed by atoms with Crippen LogP contribution in [0.1, 0.15) is 26.2 Å². The van der Waals surface area contributed by atoms with Crippen molar-refractivity contribution in [2.75, 3.05) is 0 Å². The van der Waals surface area contributed by atoms with Crippen LogP contribution >= 0.6 is 0 Å². The smallest absolute Gasteiger partial charge is 0.364 e. The van der Waals surface area contributed by atoms with Gasteiger partial charge in [0.2, 0.25) is 5.83 Å². The van der Waals surface area contributed by atoms with Crippen LogP contribution in [-0.2, 0) is 4.79 Å². The lowest BCUT2D eigenvalue weighted by molar-refractivity contribution is -0.134. The van der Waals surface area contributed by atoms with Crippen molar-refractivity contribution in [3.63, 3.8) is 0 Å². The molecule has 2 atom stereocenters. The van der Waals surface area contributed by atoms with Crippen LogP contribution in [0.2, 0.25) is 0 Å². The molecular weight excluding hydrogens is 159 g/mol. The van der Waals surface area contributed by atoms with Crippen molar-refractivity contribution < 1.29 is 14.3 Å². The molecular formula is C9H13FO2. The lowest BCUT2D eigenvalue weighted by Crippen LogP contribution is -2.03. The number of hydrogen-bond donors (Lipinski definition) is 1. The molecule has 0 aliphatic heterocycles. The Morgan fingerprint density at radius 1 is 1.58 bits per heavy atom. The van der Waals surface area contributed by atoms with Gasteiger partial charge in [-0.3, -0.25) is 0 Å². The van der Waals surface area contributed by atoms with E-state index in [1.165, 1.54) is 6.08 Å². The first-order valence-electron chi connectivity index (χ1n) is 4.22. The minimum absolute atomic E-state index is 0.126. The van der Waals surface area contributed by atoms with Crippen LogP contribution in [0.5, 0.6) is 0 Å². The van der Waals surface area contributed by atoms with E-state index in [2.05, 4.69) is 0 Å². The normalized spacial score (nSPS) is 30.7. The highest BCUT2D eigenvalue weighted by Gasteiger charge is 2.23. The number of carbonyl (C=O) groups is 1. The summed E-state index contributed by atoms with van der Waals surface area (Å²) in [5.41, 5.74) is 0. The largest absolute Gasteiger partial charge is 0.476 e. The van der Waals surface area contributed by atoms with Crippen molar-refractivity contribution in [3.05, 3.63) is 11.9 Å². The van der Waals surface area contributed by atoms with Crippen LogP contribution in [0.3, 0.4) is 0 Å². The molecule has 1 saturated carbocycles. The van der Waals surface area contributed by atoms with E-state index in [4.69, 9.17) is 5.11 Å². The van der Waals surface area contributed by atoms with E-state index in [-0.39, 0.29) is 5.92 Å². The summed E-state index contributed by atoms with van der Waals surface area (Å²) in [7, 11) is 0. The van der Waals surface area contributed by atoms with Gasteiger partial charge in [0, 0.05) is 0 Å². The van der Waals surface area contributed by atoms with E-state index in [0.29, 0.717) is 5.92 Å². The Labute approximate surface area is 71.1 Å². The van der Waals surface area contributed by atoms with Gasteiger partial charge in [-0.2, -0.15) is 4.39 Å². The van der Waals surface area contributed by atoms with Crippen molar-refractivity contribution in [2.45, 2.75) is 26.2 Å².